The summed E-state index contributed by atoms with van der Waals surface area (Å²) in [5.41, 5.74) is 2.23. The van der Waals surface area contributed by atoms with Crippen LogP contribution in [0.5, 0.6) is 0 Å². The van der Waals surface area contributed by atoms with Gasteiger partial charge in [0.1, 0.15) is 17.1 Å². The Morgan fingerprint density at radius 2 is 1.76 bits per heavy atom. The largest absolute Gasteiger partial charge is 0.478 e. The number of imide groups is 2. The van der Waals surface area contributed by atoms with Gasteiger partial charge < -0.3 is 9.52 Å². The van der Waals surface area contributed by atoms with Crippen molar-refractivity contribution in [3.63, 3.8) is 0 Å². The van der Waals surface area contributed by atoms with E-state index in [1.807, 2.05) is 13.8 Å². The first kappa shape index (κ1) is 22.2. The molecule has 0 saturated carbocycles. The number of carboxylic acid groups (broad SMARTS) is 1. The number of hydrogen-bond acceptors (Lipinski definition) is 5. The minimum absolute atomic E-state index is 0.0499. The second-order valence-corrected chi connectivity index (χ2v) is 8.25. The quantitative estimate of drug-likeness (QED) is 0.389. The van der Waals surface area contributed by atoms with E-state index in [2.05, 4.69) is 21.2 Å². The van der Waals surface area contributed by atoms with Crippen molar-refractivity contribution < 1.29 is 28.7 Å². The van der Waals surface area contributed by atoms with Crippen LogP contribution in [0.25, 0.3) is 17.4 Å². The van der Waals surface area contributed by atoms with Crippen LogP contribution in [0.15, 0.2) is 63.0 Å². The van der Waals surface area contributed by atoms with Crippen molar-refractivity contribution in [2.45, 2.75) is 13.8 Å². The molecule has 0 atom stereocenters. The lowest BCUT2D eigenvalue weighted by Gasteiger charge is -2.27. The number of barbiturate groups is 1. The van der Waals surface area contributed by atoms with Crippen molar-refractivity contribution in [2.24, 2.45) is 0 Å². The number of carbonyl (C=O) groups is 4. The third kappa shape index (κ3) is 4.10. The molecule has 0 aliphatic carbocycles. The molecule has 166 valence electrons. The minimum atomic E-state index is -1.11. The Morgan fingerprint density at radius 3 is 2.48 bits per heavy atom. The SMILES string of the molecule is Cc1cc(Br)c(N2C(=O)NC(=O)C(=Cc3ccc(-c4ccccc4C(=O)O)o3)C2=O)cc1C. The number of anilines is 1. The van der Waals surface area contributed by atoms with Gasteiger partial charge in [0.25, 0.3) is 11.8 Å². The summed E-state index contributed by atoms with van der Waals surface area (Å²) in [6.07, 6.45) is 1.22. The fourth-order valence-corrected chi connectivity index (χ4v) is 4.05. The highest BCUT2D eigenvalue weighted by Gasteiger charge is 2.38. The zero-order chi connectivity index (χ0) is 23.9. The minimum Gasteiger partial charge on any atom is -0.478 e. The van der Waals surface area contributed by atoms with Crippen LogP contribution < -0.4 is 10.2 Å². The lowest BCUT2D eigenvalue weighted by atomic mass is 10.1. The first-order valence-corrected chi connectivity index (χ1v) is 10.6. The molecule has 1 aliphatic rings. The maximum atomic E-state index is 13.2. The summed E-state index contributed by atoms with van der Waals surface area (Å²) in [5, 5.41) is 11.6. The molecule has 1 aromatic heterocycles. The lowest BCUT2D eigenvalue weighted by molar-refractivity contribution is -0.122. The van der Waals surface area contributed by atoms with E-state index in [1.54, 1.807) is 36.4 Å². The zero-order valence-electron chi connectivity index (χ0n) is 17.5. The smallest absolute Gasteiger partial charge is 0.336 e. The lowest BCUT2D eigenvalue weighted by Crippen LogP contribution is -2.54. The Kier molecular flexibility index (Phi) is 5.73. The number of nitrogens with one attached hydrogen (secondary N) is 1. The van der Waals surface area contributed by atoms with E-state index in [0.717, 1.165) is 16.0 Å². The highest BCUT2D eigenvalue weighted by Crippen LogP contribution is 2.33. The molecule has 1 fully saturated rings. The van der Waals surface area contributed by atoms with Crippen molar-refractivity contribution in [1.29, 1.82) is 0 Å². The summed E-state index contributed by atoms with van der Waals surface area (Å²) in [4.78, 5) is 50.5. The Morgan fingerprint density at radius 1 is 1.06 bits per heavy atom. The molecular weight excluding hydrogens is 492 g/mol. The van der Waals surface area contributed by atoms with Gasteiger partial charge in [-0.15, -0.1) is 0 Å². The van der Waals surface area contributed by atoms with Gasteiger partial charge in [-0.3, -0.25) is 14.9 Å². The molecule has 0 bridgehead atoms. The van der Waals surface area contributed by atoms with Crippen molar-refractivity contribution in [3.8, 4) is 11.3 Å². The van der Waals surface area contributed by atoms with E-state index in [4.69, 9.17) is 4.42 Å². The van der Waals surface area contributed by atoms with Crippen LogP contribution in [-0.2, 0) is 9.59 Å². The number of rotatable bonds is 4. The van der Waals surface area contributed by atoms with Gasteiger partial charge in [-0.2, -0.15) is 0 Å². The topological polar surface area (TPSA) is 117 Å². The van der Waals surface area contributed by atoms with Crippen molar-refractivity contribution in [2.75, 3.05) is 4.90 Å². The molecule has 0 radical (unpaired) electrons. The number of urea groups is 1. The monoisotopic (exact) mass is 508 g/mol. The molecule has 3 aromatic rings. The van der Waals surface area contributed by atoms with Crippen LogP contribution >= 0.6 is 15.9 Å². The van der Waals surface area contributed by atoms with Gasteiger partial charge in [-0.1, -0.05) is 18.2 Å². The highest BCUT2D eigenvalue weighted by atomic mass is 79.9. The van der Waals surface area contributed by atoms with Crippen LogP contribution in [0.4, 0.5) is 10.5 Å². The van der Waals surface area contributed by atoms with Gasteiger partial charge >= 0.3 is 12.0 Å². The van der Waals surface area contributed by atoms with Gasteiger partial charge in [0.2, 0.25) is 0 Å². The number of halogens is 1. The van der Waals surface area contributed by atoms with Crippen LogP contribution in [0.1, 0.15) is 27.2 Å². The Hall–Kier alpha value is -3.98. The third-order valence-electron chi connectivity index (χ3n) is 5.24. The molecule has 2 aromatic carbocycles. The molecule has 1 aliphatic heterocycles. The summed E-state index contributed by atoms with van der Waals surface area (Å²) < 4.78 is 6.22. The maximum absolute atomic E-state index is 13.2. The van der Waals surface area contributed by atoms with E-state index in [9.17, 15) is 24.3 Å². The second-order valence-electron chi connectivity index (χ2n) is 7.40. The van der Waals surface area contributed by atoms with E-state index in [0.29, 0.717) is 15.7 Å². The number of aromatic carboxylic acids is 1. The Bertz CT molecular complexity index is 1370. The number of carboxylic acids is 1. The molecule has 2 heterocycles. The number of aryl methyl sites for hydroxylation is 2. The second kappa shape index (κ2) is 8.51. The number of carbonyl (C=O) groups excluding carboxylic acids is 3. The van der Waals surface area contributed by atoms with Gasteiger partial charge in [-0.25, -0.2) is 14.5 Å². The molecule has 8 nitrogen and oxygen atoms in total. The summed E-state index contributed by atoms with van der Waals surface area (Å²) in [5.74, 6) is -2.37. The molecule has 9 heteroatoms. The average Bonchev–Trinajstić information content (AvgIpc) is 3.23. The van der Waals surface area contributed by atoms with Crippen molar-refractivity contribution in [1.82, 2.24) is 5.32 Å². The molecule has 2 N–H and O–H groups in total. The predicted molar refractivity (Wildman–Crippen MR) is 124 cm³/mol. The average molecular weight is 509 g/mol. The first-order chi connectivity index (χ1) is 15.7. The maximum Gasteiger partial charge on any atom is 0.336 e. The van der Waals surface area contributed by atoms with Gasteiger partial charge in [0.15, 0.2) is 0 Å². The van der Waals surface area contributed by atoms with Crippen molar-refractivity contribution in [3.05, 3.63) is 81.0 Å². The van der Waals surface area contributed by atoms with Crippen LogP contribution in [0.2, 0.25) is 0 Å². The summed E-state index contributed by atoms with van der Waals surface area (Å²) in [6.45, 7) is 3.74. The summed E-state index contributed by atoms with van der Waals surface area (Å²) >= 11 is 3.38. The first-order valence-electron chi connectivity index (χ1n) is 9.78. The predicted octanol–water partition coefficient (Wildman–Crippen LogP) is 4.69. The van der Waals surface area contributed by atoms with Crippen LogP contribution in [0.3, 0.4) is 0 Å². The number of amides is 4. The molecule has 4 amide bonds. The number of furan rings is 1. The standard InChI is InChI=1S/C24H17BrN2O6/c1-12-9-18(25)19(10-13(12)2)27-22(29)17(21(28)26-24(27)32)11-14-7-8-20(33-14)15-5-3-4-6-16(15)23(30)31/h3-11H,1-2H3,(H,30,31)(H,26,28,32). The molecule has 33 heavy (non-hydrogen) atoms. The summed E-state index contributed by atoms with van der Waals surface area (Å²) in [6, 6.07) is 12.0. The fraction of sp³-hybridized carbons (Fsp3) is 0.0833. The molecule has 4 rings (SSSR count). The number of nitrogens with zero attached hydrogens (tertiary/aromatic N) is 1. The highest BCUT2D eigenvalue weighted by molar-refractivity contribution is 9.10. The van der Waals surface area contributed by atoms with Crippen LogP contribution in [0, 0.1) is 13.8 Å². The molecule has 1 saturated heterocycles. The normalized spacial score (nSPS) is 15.2. The Labute approximate surface area is 196 Å². The van der Waals surface area contributed by atoms with E-state index in [-0.39, 0.29) is 22.7 Å². The number of hydrogen-bond donors (Lipinski definition) is 2. The van der Waals surface area contributed by atoms with Crippen molar-refractivity contribution >= 4 is 51.5 Å². The summed E-state index contributed by atoms with van der Waals surface area (Å²) in [7, 11) is 0. The molecule has 0 unspecified atom stereocenters. The van der Waals surface area contributed by atoms with E-state index in [1.165, 1.54) is 18.2 Å². The van der Waals surface area contributed by atoms with E-state index < -0.39 is 23.8 Å². The molecular formula is C24H17BrN2O6. The number of benzene rings is 2. The third-order valence-corrected chi connectivity index (χ3v) is 5.88. The van der Waals surface area contributed by atoms with Gasteiger partial charge in [-0.05, 0) is 77.3 Å². The van der Waals surface area contributed by atoms with Gasteiger partial charge in [0, 0.05) is 10.0 Å². The Balaban J connectivity index is 1.73. The fourth-order valence-electron chi connectivity index (χ4n) is 3.42. The van der Waals surface area contributed by atoms with Crippen LogP contribution in [-0.4, -0.2) is 28.9 Å². The zero-order valence-corrected chi connectivity index (χ0v) is 19.1. The van der Waals surface area contributed by atoms with E-state index >= 15 is 0 Å². The van der Waals surface area contributed by atoms with Gasteiger partial charge in [0.05, 0.1) is 11.3 Å². The molecule has 0 spiro atoms.